The summed E-state index contributed by atoms with van der Waals surface area (Å²) in [5.41, 5.74) is 6.79. The lowest BCUT2D eigenvalue weighted by Crippen LogP contribution is -1.97. The highest BCUT2D eigenvalue weighted by molar-refractivity contribution is 7.99. The fourth-order valence-corrected chi connectivity index (χ4v) is 2.62. The van der Waals surface area contributed by atoms with Gasteiger partial charge in [0.2, 0.25) is 0 Å². The quantitative estimate of drug-likeness (QED) is 0.842. The van der Waals surface area contributed by atoms with Crippen LogP contribution in [-0.2, 0) is 0 Å². The van der Waals surface area contributed by atoms with Gasteiger partial charge in [0.05, 0.1) is 19.4 Å². The summed E-state index contributed by atoms with van der Waals surface area (Å²) >= 11 is 1.60. The minimum Gasteiger partial charge on any atom is -0.497 e. The molecule has 0 fully saturated rings. The Kier molecular flexibility index (Phi) is 4.58. The number of nitrogen functional groups attached to an aromatic ring is 1. The van der Waals surface area contributed by atoms with Crippen molar-refractivity contribution >= 4 is 17.4 Å². The van der Waals surface area contributed by atoms with Crippen molar-refractivity contribution in [3.05, 3.63) is 42.5 Å². The maximum absolute atomic E-state index is 6.11. The summed E-state index contributed by atoms with van der Waals surface area (Å²) in [6, 6.07) is 13.7. The first-order chi connectivity index (χ1) is 9.24. The van der Waals surface area contributed by atoms with E-state index < -0.39 is 0 Å². The molecule has 0 amide bonds. The Labute approximate surface area is 117 Å². The molecule has 0 radical (unpaired) electrons. The lowest BCUT2D eigenvalue weighted by Gasteiger charge is -2.11. The number of nitrogens with two attached hydrogens (primary N) is 1. The van der Waals surface area contributed by atoms with E-state index in [1.165, 1.54) is 0 Å². The number of methoxy groups -OCH3 is 1. The number of rotatable bonds is 5. The zero-order chi connectivity index (χ0) is 13.7. The van der Waals surface area contributed by atoms with Gasteiger partial charge in [-0.2, -0.15) is 0 Å². The maximum Gasteiger partial charge on any atom is 0.143 e. The summed E-state index contributed by atoms with van der Waals surface area (Å²) in [5, 5.41) is 0. The van der Waals surface area contributed by atoms with Crippen LogP contribution in [0.4, 0.5) is 5.69 Å². The number of para-hydroxylation sites is 1. The Morgan fingerprint density at radius 3 is 2.68 bits per heavy atom. The van der Waals surface area contributed by atoms with E-state index in [0.29, 0.717) is 12.3 Å². The van der Waals surface area contributed by atoms with Crippen LogP contribution >= 0.6 is 11.8 Å². The molecule has 2 N–H and O–H groups in total. The van der Waals surface area contributed by atoms with Gasteiger partial charge in [-0.15, -0.1) is 0 Å². The normalized spacial score (nSPS) is 10.2. The molecule has 100 valence electrons. The number of anilines is 1. The van der Waals surface area contributed by atoms with Gasteiger partial charge < -0.3 is 15.2 Å². The smallest absolute Gasteiger partial charge is 0.143 e. The van der Waals surface area contributed by atoms with Crippen LogP contribution in [0.3, 0.4) is 0 Å². The van der Waals surface area contributed by atoms with E-state index in [2.05, 4.69) is 0 Å². The lowest BCUT2D eigenvalue weighted by molar-refractivity contribution is 0.341. The van der Waals surface area contributed by atoms with Gasteiger partial charge in [-0.3, -0.25) is 0 Å². The van der Waals surface area contributed by atoms with Crippen LogP contribution in [0.1, 0.15) is 6.92 Å². The van der Waals surface area contributed by atoms with Crippen LogP contribution in [0.2, 0.25) is 0 Å². The fourth-order valence-electron chi connectivity index (χ4n) is 1.69. The molecule has 0 saturated carbocycles. The highest BCUT2D eigenvalue weighted by atomic mass is 32.2. The molecule has 0 aromatic heterocycles. The molecule has 2 rings (SSSR count). The highest BCUT2D eigenvalue weighted by Gasteiger charge is 2.07. The minimum absolute atomic E-state index is 0.609. The molecular weight excluding hydrogens is 258 g/mol. The zero-order valence-electron chi connectivity index (χ0n) is 11.1. The van der Waals surface area contributed by atoms with Crippen LogP contribution in [0, 0.1) is 0 Å². The number of ether oxygens (including phenoxy) is 2. The summed E-state index contributed by atoms with van der Waals surface area (Å²) in [4.78, 5) is 2.07. The molecule has 0 atom stereocenters. The number of benzene rings is 2. The molecule has 0 unspecified atom stereocenters. The average Bonchev–Trinajstić information content (AvgIpc) is 2.44. The van der Waals surface area contributed by atoms with Gasteiger partial charge in [0.25, 0.3) is 0 Å². The van der Waals surface area contributed by atoms with Crippen molar-refractivity contribution < 1.29 is 9.47 Å². The Bertz CT molecular complexity index is 558. The van der Waals surface area contributed by atoms with Crippen LogP contribution in [-0.4, -0.2) is 13.7 Å². The molecular formula is C15H17NO2S. The summed E-state index contributed by atoms with van der Waals surface area (Å²) in [6.07, 6.45) is 0. The molecule has 0 aliphatic heterocycles. The number of hydrogen-bond donors (Lipinski definition) is 1. The lowest BCUT2D eigenvalue weighted by atomic mass is 10.3. The van der Waals surface area contributed by atoms with Gasteiger partial charge in [0.1, 0.15) is 11.5 Å². The maximum atomic E-state index is 6.11. The molecule has 2 aromatic rings. The first-order valence-corrected chi connectivity index (χ1v) is 6.89. The highest BCUT2D eigenvalue weighted by Crippen LogP contribution is 2.37. The van der Waals surface area contributed by atoms with Crippen molar-refractivity contribution in [3.63, 3.8) is 0 Å². The zero-order valence-corrected chi connectivity index (χ0v) is 11.9. The van der Waals surface area contributed by atoms with E-state index in [1.807, 2.05) is 49.4 Å². The van der Waals surface area contributed by atoms with Crippen LogP contribution in [0.25, 0.3) is 0 Å². The molecule has 0 spiro atoms. The summed E-state index contributed by atoms with van der Waals surface area (Å²) in [5.74, 6) is 1.57. The molecule has 0 aliphatic rings. The van der Waals surface area contributed by atoms with Crippen LogP contribution in [0.15, 0.2) is 52.3 Å². The third kappa shape index (κ3) is 3.35. The predicted octanol–water partition coefficient (Wildman–Crippen LogP) is 3.83. The second kappa shape index (κ2) is 6.38. The van der Waals surface area contributed by atoms with Crippen molar-refractivity contribution in [1.29, 1.82) is 0 Å². The van der Waals surface area contributed by atoms with Gasteiger partial charge in [0.15, 0.2) is 0 Å². The van der Waals surface area contributed by atoms with Crippen molar-refractivity contribution in [3.8, 4) is 11.5 Å². The van der Waals surface area contributed by atoms with Gasteiger partial charge >= 0.3 is 0 Å². The van der Waals surface area contributed by atoms with E-state index in [1.54, 1.807) is 18.9 Å². The van der Waals surface area contributed by atoms with Crippen molar-refractivity contribution in [1.82, 2.24) is 0 Å². The predicted molar refractivity (Wildman–Crippen MR) is 79.1 cm³/mol. The third-order valence-electron chi connectivity index (χ3n) is 2.59. The molecule has 3 nitrogen and oxygen atoms in total. The van der Waals surface area contributed by atoms with Gasteiger partial charge in [-0.25, -0.2) is 0 Å². The Balaban J connectivity index is 2.25. The van der Waals surface area contributed by atoms with Gasteiger partial charge in [-0.05, 0) is 37.3 Å². The molecule has 0 bridgehead atoms. The molecule has 19 heavy (non-hydrogen) atoms. The van der Waals surface area contributed by atoms with Crippen molar-refractivity contribution in [2.24, 2.45) is 0 Å². The Morgan fingerprint density at radius 1 is 1.16 bits per heavy atom. The summed E-state index contributed by atoms with van der Waals surface area (Å²) < 4.78 is 10.7. The largest absolute Gasteiger partial charge is 0.497 e. The molecule has 4 heteroatoms. The standard InChI is InChI=1S/C15H17NO2S/c1-3-18-13-8-5-9-14(15(13)16)19-12-7-4-6-11(10-12)17-2/h4-10H,3,16H2,1-2H3. The SMILES string of the molecule is CCOc1cccc(Sc2cccc(OC)c2)c1N. The molecule has 0 aliphatic carbocycles. The minimum atomic E-state index is 0.609. The average molecular weight is 275 g/mol. The Hall–Kier alpha value is -1.81. The van der Waals surface area contributed by atoms with Gasteiger partial charge in [0, 0.05) is 9.79 Å². The van der Waals surface area contributed by atoms with Crippen molar-refractivity contribution in [2.45, 2.75) is 16.7 Å². The third-order valence-corrected chi connectivity index (χ3v) is 3.66. The second-order valence-electron chi connectivity index (χ2n) is 3.88. The Morgan fingerprint density at radius 2 is 1.95 bits per heavy atom. The summed E-state index contributed by atoms with van der Waals surface area (Å²) in [7, 11) is 1.66. The van der Waals surface area contributed by atoms with E-state index in [9.17, 15) is 0 Å². The molecule has 0 saturated heterocycles. The van der Waals surface area contributed by atoms with E-state index in [4.69, 9.17) is 15.2 Å². The topological polar surface area (TPSA) is 44.5 Å². The van der Waals surface area contributed by atoms with E-state index in [0.717, 1.165) is 21.3 Å². The van der Waals surface area contributed by atoms with E-state index in [-0.39, 0.29) is 0 Å². The second-order valence-corrected chi connectivity index (χ2v) is 5.00. The molecule has 0 heterocycles. The first-order valence-electron chi connectivity index (χ1n) is 6.07. The van der Waals surface area contributed by atoms with E-state index >= 15 is 0 Å². The van der Waals surface area contributed by atoms with Crippen LogP contribution < -0.4 is 15.2 Å². The van der Waals surface area contributed by atoms with Crippen LogP contribution in [0.5, 0.6) is 11.5 Å². The molecule has 2 aromatic carbocycles. The monoisotopic (exact) mass is 275 g/mol. The van der Waals surface area contributed by atoms with Crippen molar-refractivity contribution in [2.75, 3.05) is 19.5 Å². The first kappa shape index (κ1) is 13.6. The van der Waals surface area contributed by atoms with Gasteiger partial charge in [-0.1, -0.05) is 23.9 Å². The number of hydrogen-bond acceptors (Lipinski definition) is 4. The fraction of sp³-hybridized carbons (Fsp3) is 0.200. The summed E-state index contributed by atoms with van der Waals surface area (Å²) in [6.45, 7) is 2.55.